The highest BCUT2D eigenvalue weighted by Gasteiger charge is 2.19. The molecule has 1 N–H and O–H groups in total. The Morgan fingerprint density at radius 1 is 1.33 bits per heavy atom. The van der Waals surface area contributed by atoms with Gasteiger partial charge in [-0.15, -0.1) is 10.2 Å². The van der Waals surface area contributed by atoms with Crippen molar-refractivity contribution in [1.29, 1.82) is 0 Å². The molecule has 1 aromatic carbocycles. The van der Waals surface area contributed by atoms with E-state index in [1.54, 1.807) is 16.6 Å². The molecule has 0 spiro atoms. The quantitative estimate of drug-likeness (QED) is 0.729. The average molecular weight is 386 g/mol. The molecule has 2 heterocycles. The summed E-state index contributed by atoms with van der Waals surface area (Å²) in [6.45, 7) is 2.23. The Morgan fingerprint density at radius 2 is 2.08 bits per heavy atom. The van der Waals surface area contributed by atoms with Gasteiger partial charge in [0.1, 0.15) is 10.6 Å². The third-order valence-corrected chi connectivity index (χ3v) is 4.87. The van der Waals surface area contributed by atoms with Gasteiger partial charge in [0, 0.05) is 13.0 Å². The van der Waals surface area contributed by atoms with Gasteiger partial charge in [0.15, 0.2) is 11.6 Å². The molecule has 0 saturated heterocycles. The van der Waals surface area contributed by atoms with E-state index >= 15 is 0 Å². The van der Waals surface area contributed by atoms with Gasteiger partial charge in [0.05, 0.1) is 17.2 Å². The summed E-state index contributed by atoms with van der Waals surface area (Å²) in [5.74, 6) is 0.640. The van der Waals surface area contributed by atoms with E-state index in [1.807, 2.05) is 6.92 Å². The smallest absolute Gasteiger partial charge is 0.256 e. The Hall–Kier alpha value is -1.90. The number of rotatable bonds is 5. The monoisotopic (exact) mass is 385 g/mol. The third-order valence-electron chi connectivity index (χ3n) is 3.30. The van der Waals surface area contributed by atoms with E-state index in [0.717, 1.165) is 15.8 Å². The summed E-state index contributed by atoms with van der Waals surface area (Å²) in [6.07, 6.45) is 0.569. The van der Waals surface area contributed by atoms with Crippen molar-refractivity contribution < 1.29 is 9.53 Å². The maximum absolute atomic E-state index is 12.4. The first-order valence-electron chi connectivity index (χ1n) is 6.99. The lowest BCUT2D eigenvalue weighted by molar-refractivity contribution is 0.0951. The van der Waals surface area contributed by atoms with Crippen molar-refractivity contribution in [1.82, 2.24) is 25.1 Å². The van der Waals surface area contributed by atoms with Crippen molar-refractivity contribution in [2.24, 2.45) is 0 Å². The van der Waals surface area contributed by atoms with E-state index in [4.69, 9.17) is 27.9 Å². The number of ether oxygens (including phenoxy) is 1. The summed E-state index contributed by atoms with van der Waals surface area (Å²) in [7, 11) is 1.44. The molecule has 0 saturated carbocycles. The molecule has 7 nitrogen and oxygen atoms in total. The highest BCUT2D eigenvalue weighted by molar-refractivity contribution is 7.16. The molecule has 0 aliphatic rings. The van der Waals surface area contributed by atoms with Crippen LogP contribution in [-0.4, -0.2) is 39.4 Å². The molecule has 0 radical (unpaired) electrons. The van der Waals surface area contributed by atoms with Crippen molar-refractivity contribution in [3.63, 3.8) is 0 Å². The normalized spacial score (nSPS) is 11.0. The molecule has 2 aromatic heterocycles. The summed E-state index contributed by atoms with van der Waals surface area (Å²) in [4.78, 5) is 13.1. The van der Waals surface area contributed by atoms with Crippen LogP contribution < -0.4 is 10.1 Å². The topological polar surface area (TPSA) is 81.4 Å². The Labute approximate surface area is 151 Å². The number of hydrogen-bond acceptors (Lipinski definition) is 6. The second-order valence-electron chi connectivity index (χ2n) is 4.88. The lowest BCUT2D eigenvalue weighted by atomic mass is 10.2. The second kappa shape index (κ2) is 6.92. The molecule has 0 aliphatic carbocycles. The second-order valence-corrected chi connectivity index (χ2v) is 6.74. The highest BCUT2D eigenvalue weighted by atomic mass is 35.5. The molecule has 0 atom stereocenters. The van der Waals surface area contributed by atoms with Crippen molar-refractivity contribution in [2.45, 2.75) is 13.3 Å². The summed E-state index contributed by atoms with van der Waals surface area (Å²) in [5, 5.41) is 16.6. The van der Waals surface area contributed by atoms with E-state index in [9.17, 15) is 4.79 Å². The van der Waals surface area contributed by atoms with Crippen LogP contribution in [0.1, 0.15) is 21.2 Å². The van der Waals surface area contributed by atoms with Gasteiger partial charge in [-0.1, -0.05) is 34.5 Å². The fraction of sp³-hybridized carbons (Fsp3) is 0.286. The predicted octanol–water partition coefficient (Wildman–Crippen LogP) is 2.78. The molecular formula is C14H13Cl2N5O2S. The molecule has 1 amide bonds. The maximum atomic E-state index is 12.4. The predicted molar refractivity (Wildman–Crippen MR) is 92.4 cm³/mol. The van der Waals surface area contributed by atoms with Crippen molar-refractivity contribution in [3.8, 4) is 5.75 Å². The molecular weight excluding hydrogens is 373 g/mol. The fourth-order valence-electron chi connectivity index (χ4n) is 2.17. The van der Waals surface area contributed by atoms with E-state index in [1.165, 1.54) is 18.4 Å². The van der Waals surface area contributed by atoms with Crippen LogP contribution in [0, 0.1) is 6.92 Å². The number of nitrogens with one attached hydrogen (secondary N) is 1. The number of benzene rings is 1. The first kappa shape index (κ1) is 16.9. The number of methoxy groups -OCH3 is 1. The summed E-state index contributed by atoms with van der Waals surface area (Å²) >= 11 is 13.6. The van der Waals surface area contributed by atoms with Gasteiger partial charge in [-0.05, 0) is 19.1 Å². The molecule has 3 rings (SSSR count). The van der Waals surface area contributed by atoms with E-state index in [-0.39, 0.29) is 22.2 Å². The number of fused-ring (bicyclic) bond motifs is 1. The van der Waals surface area contributed by atoms with Crippen LogP contribution in [-0.2, 0) is 6.42 Å². The van der Waals surface area contributed by atoms with Crippen molar-refractivity contribution >= 4 is 45.4 Å². The van der Waals surface area contributed by atoms with E-state index in [0.29, 0.717) is 18.0 Å². The largest absolute Gasteiger partial charge is 0.494 e. The number of amides is 1. The Balaban J connectivity index is 1.68. The third kappa shape index (κ3) is 3.17. The fourth-order valence-corrected chi connectivity index (χ4v) is 3.52. The van der Waals surface area contributed by atoms with Gasteiger partial charge in [-0.25, -0.2) is 0 Å². The minimum Gasteiger partial charge on any atom is -0.494 e. The molecule has 0 fully saturated rings. The Kier molecular flexibility index (Phi) is 4.88. The van der Waals surface area contributed by atoms with Gasteiger partial charge in [-0.3, -0.25) is 4.79 Å². The zero-order valence-electron chi connectivity index (χ0n) is 12.8. The van der Waals surface area contributed by atoms with Crippen molar-refractivity contribution in [3.05, 3.63) is 38.6 Å². The van der Waals surface area contributed by atoms with Crippen molar-refractivity contribution in [2.75, 3.05) is 13.7 Å². The molecule has 3 aromatic rings. The number of aryl methyl sites for hydroxylation is 1. The standard InChI is InChI=1S/C14H13Cl2N5O2S/c1-7-18-19-14-21(7)20-10(24-14)5-6-17-13(22)11-8(15)3-4-9(16)12(11)23-2/h3-4H,5-6H2,1-2H3,(H,17,22). The van der Waals surface area contributed by atoms with Gasteiger partial charge in [0.2, 0.25) is 4.96 Å². The Bertz CT molecular complexity index is 908. The number of nitrogens with zero attached hydrogens (tertiary/aromatic N) is 4. The first-order valence-corrected chi connectivity index (χ1v) is 8.56. The molecule has 0 aliphatic heterocycles. The minimum atomic E-state index is -0.349. The number of aromatic nitrogens is 4. The van der Waals surface area contributed by atoms with Gasteiger partial charge >= 0.3 is 0 Å². The lowest BCUT2D eigenvalue weighted by Gasteiger charge is -2.12. The highest BCUT2D eigenvalue weighted by Crippen LogP contribution is 2.33. The van der Waals surface area contributed by atoms with Crippen LogP contribution in [0.2, 0.25) is 10.0 Å². The number of carbonyl (C=O) groups excluding carboxylic acids is 1. The van der Waals surface area contributed by atoms with Crippen LogP contribution in [0.25, 0.3) is 4.96 Å². The number of halogens is 2. The van der Waals surface area contributed by atoms with Gasteiger partial charge in [-0.2, -0.15) is 9.61 Å². The van der Waals surface area contributed by atoms with Gasteiger partial charge < -0.3 is 10.1 Å². The Morgan fingerprint density at radius 3 is 2.79 bits per heavy atom. The minimum absolute atomic E-state index is 0.223. The number of hydrogen-bond donors (Lipinski definition) is 1. The van der Waals surface area contributed by atoms with E-state index < -0.39 is 0 Å². The first-order chi connectivity index (χ1) is 11.5. The van der Waals surface area contributed by atoms with Crippen LogP contribution in [0.4, 0.5) is 0 Å². The maximum Gasteiger partial charge on any atom is 0.256 e. The van der Waals surface area contributed by atoms with E-state index in [2.05, 4.69) is 20.6 Å². The zero-order valence-corrected chi connectivity index (χ0v) is 15.2. The van der Waals surface area contributed by atoms with Crippen LogP contribution in [0.3, 0.4) is 0 Å². The molecule has 0 bridgehead atoms. The van der Waals surface area contributed by atoms with Crippen LogP contribution >= 0.6 is 34.5 Å². The SMILES string of the molecule is COc1c(Cl)ccc(Cl)c1C(=O)NCCc1nn2c(C)nnc2s1. The van der Waals surface area contributed by atoms with Crippen LogP contribution in [0.5, 0.6) is 5.75 Å². The number of carbonyl (C=O) groups is 1. The van der Waals surface area contributed by atoms with Crippen LogP contribution in [0.15, 0.2) is 12.1 Å². The molecule has 0 unspecified atom stereocenters. The summed E-state index contributed by atoms with van der Waals surface area (Å²) in [6, 6.07) is 3.15. The summed E-state index contributed by atoms with van der Waals surface area (Å²) in [5.41, 5.74) is 0.223. The van der Waals surface area contributed by atoms with Gasteiger partial charge in [0.25, 0.3) is 5.91 Å². The zero-order chi connectivity index (χ0) is 17.3. The lowest BCUT2D eigenvalue weighted by Crippen LogP contribution is -2.26. The molecule has 10 heteroatoms. The molecule has 24 heavy (non-hydrogen) atoms. The average Bonchev–Trinajstić information content (AvgIpc) is 3.11. The summed E-state index contributed by atoms with van der Waals surface area (Å²) < 4.78 is 6.86. The molecule has 126 valence electrons.